The Morgan fingerprint density at radius 3 is 1.19 bits per heavy atom. The lowest BCUT2D eigenvalue weighted by Gasteiger charge is -2.49. The quantitative estimate of drug-likeness (QED) is 0.0270. The van der Waals surface area contributed by atoms with Gasteiger partial charge in [-0.25, -0.2) is 29.1 Å². The predicted octanol–water partition coefficient (Wildman–Crippen LogP) is 6.88. The molecule has 2 N–H and O–H groups in total. The van der Waals surface area contributed by atoms with E-state index in [1.807, 2.05) is 64.1 Å². The van der Waals surface area contributed by atoms with Crippen molar-refractivity contribution in [3.05, 3.63) is 184 Å². The number of hydrogen-bond donors (Lipinski definition) is 2. The number of nitrogens with one attached hydrogen (secondary N) is 2. The van der Waals surface area contributed by atoms with Gasteiger partial charge in [0.2, 0.25) is 11.8 Å². The van der Waals surface area contributed by atoms with Gasteiger partial charge >= 0.3 is 47.6 Å². The fraction of sp³-hybridized carbons (Fsp3) is 0.378. The van der Waals surface area contributed by atoms with E-state index in [1.165, 1.54) is 46.7 Å². The van der Waals surface area contributed by atoms with Gasteiger partial charge in [-0.15, -0.1) is 45.9 Å². The predicted molar refractivity (Wildman–Crippen MR) is 397 cm³/mol. The van der Waals surface area contributed by atoms with Crippen molar-refractivity contribution in [1.82, 2.24) is 50.0 Å². The van der Waals surface area contributed by atoms with Crippen LogP contribution in [0.3, 0.4) is 0 Å². The molecule has 6 aliphatic rings. The summed E-state index contributed by atoms with van der Waals surface area (Å²) in [6.07, 6.45) is -0.900. The van der Waals surface area contributed by atoms with Crippen LogP contribution in [0, 0.1) is 53.4 Å². The number of nitrogens with zero attached hydrogens (tertiary/aromatic N) is 8. The van der Waals surface area contributed by atoms with Gasteiger partial charge in [-0.1, -0.05) is 60.7 Å². The second-order valence-corrected chi connectivity index (χ2v) is 32.1. The van der Waals surface area contributed by atoms with Crippen molar-refractivity contribution < 1.29 is 84.9 Å². The van der Waals surface area contributed by atoms with E-state index in [9.17, 15) is 66.0 Å². The molecule has 4 aromatic carbocycles. The minimum absolute atomic E-state index is 0.0852. The third-order valence-electron chi connectivity index (χ3n) is 19.3. The molecule has 0 bridgehead atoms. The number of thiazole rings is 2. The van der Waals surface area contributed by atoms with Crippen molar-refractivity contribution in [3.8, 4) is 11.5 Å². The Labute approximate surface area is 643 Å². The molecule has 28 nitrogen and oxygen atoms in total. The molecule has 8 atom stereocenters. The zero-order valence-electron chi connectivity index (χ0n) is 59.9. The number of benzene rings is 4. The van der Waals surface area contributed by atoms with Crippen LogP contribution in [0.2, 0.25) is 0 Å². The highest BCUT2D eigenvalue weighted by Crippen LogP contribution is 2.44. The number of halogens is 2. The number of aromatic nitrogens is 2. The number of esters is 2. The van der Waals surface area contributed by atoms with Crippen molar-refractivity contribution >= 4 is 138 Å². The van der Waals surface area contributed by atoms with Gasteiger partial charge in [0.15, 0.2) is 11.6 Å². The first-order valence-electron chi connectivity index (χ1n) is 34.0. The molecule has 10 amide bonds. The fourth-order valence-corrected chi connectivity index (χ4v) is 18.6. The first-order chi connectivity index (χ1) is 51.6. The van der Waals surface area contributed by atoms with E-state index in [-0.39, 0.29) is 110 Å². The standard InChI is InChI=1S/2C37H38ClN5O9S2/c2*1-20-5-6-24(13-21(20)2)16-41-11-12-42(34(47)33(41)46)37(49)40-30(28-18-53-22(3)39-28)29(44)14-27-32(45)43-31(25(15-38)19-54(50)35(27)43)36(48)52-17-23-7-9-26(51-4)10-8-23/h2*5-10,13,18,27,30,35H,11-12,14-17,19H2,1-4H3,(H,40,49)/t27-,30+,35-,54?;27-,30-,35-,54?/m11/s1. The average Bonchev–Trinajstić information content (AvgIpc) is 0.954. The van der Waals surface area contributed by atoms with E-state index >= 15 is 0 Å². The van der Waals surface area contributed by atoms with E-state index in [2.05, 4.69) is 20.6 Å². The highest BCUT2D eigenvalue weighted by molar-refractivity contribution is 7.86. The maximum atomic E-state index is 14.0. The van der Waals surface area contributed by atoms with Gasteiger partial charge in [-0.2, -0.15) is 0 Å². The lowest BCUT2D eigenvalue weighted by molar-refractivity contribution is -0.156. The molecule has 6 aliphatic heterocycles. The zero-order valence-corrected chi connectivity index (χ0v) is 64.7. The SMILES string of the molecule is COc1ccc(COC(=O)C2=C(CCl)CS(=O)[C@@H]3[C@H](CC(=O)[C@@H](NC(=O)N4CCN(Cc5ccc(C)c(C)c5)C(=O)C4=O)c4csc(C)n4)C(=O)N23)cc1.COc1ccc(COC(=O)C2=C(CCl)CS(=O)[C@@H]3[C@H](CC(=O)[C@H](NC(=O)N4CCN(Cc5ccc(C)c(C)c5)C(=O)C4=O)c4csc(C)n4)C(=O)N23)cc1. The Bertz CT molecular complexity index is 4460. The Hall–Kier alpha value is -9.86. The number of β-lactam (4-membered cyclic amide) rings is 2. The number of ketones is 2. The molecule has 568 valence electrons. The molecule has 0 aliphatic carbocycles. The fourth-order valence-electron chi connectivity index (χ4n) is 13.1. The molecule has 12 rings (SSSR count). The second-order valence-electron chi connectivity index (χ2n) is 26.4. The minimum atomic E-state index is -1.71. The molecule has 2 unspecified atom stereocenters. The van der Waals surface area contributed by atoms with Crippen LogP contribution < -0.4 is 20.1 Å². The smallest absolute Gasteiger partial charge is 0.355 e. The van der Waals surface area contributed by atoms with Crippen molar-refractivity contribution in [1.29, 1.82) is 0 Å². The zero-order chi connectivity index (χ0) is 77.7. The van der Waals surface area contributed by atoms with Crippen LogP contribution in [0.1, 0.15) is 90.8 Å². The Kier molecular flexibility index (Phi) is 25.0. The summed E-state index contributed by atoms with van der Waals surface area (Å²) in [6.45, 7) is 11.4. The van der Waals surface area contributed by atoms with Crippen molar-refractivity contribution in [2.75, 3.05) is 63.7 Å². The van der Waals surface area contributed by atoms with Gasteiger partial charge in [-0.05, 0) is 121 Å². The molecule has 0 saturated carbocycles. The van der Waals surface area contributed by atoms with Crippen molar-refractivity contribution in [2.24, 2.45) is 11.8 Å². The highest BCUT2D eigenvalue weighted by atomic mass is 35.5. The first-order valence-corrected chi connectivity index (χ1v) is 39.6. The number of fused-ring (bicyclic) bond motifs is 2. The monoisotopic (exact) mass is 1590 g/mol. The van der Waals surface area contributed by atoms with Gasteiger partial charge in [0.25, 0.3) is 0 Å². The van der Waals surface area contributed by atoms with Crippen LogP contribution in [0.4, 0.5) is 9.59 Å². The van der Waals surface area contributed by atoms with Crippen LogP contribution in [-0.2, 0) is 105 Å². The van der Waals surface area contributed by atoms with E-state index in [0.717, 1.165) is 53.0 Å². The van der Waals surface area contributed by atoms with E-state index in [1.54, 1.807) is 73.1 Å². The number of Topliss-reactive ketones (excluding diaryl/α,β-unsaturated/α-hetero) is 2. The van der Waals surface area contributed by atoms with Gasteiger partial charge < -0.3 is 39.4 Å². The number of piperazine rings is 2. The largest absolute Gasteiger partial charge is 0.497 e. The number of carbonyl (C=O) groups is 12. The van der Waals surface area contributed by atoms with E-state index < -0.39 is 140 Å². The minimum Gasteiger partial charge on any atom is -0.497 e. The molecule has 108 heavy (non-hydrogen) atoms. The Balaban J connectivity index is 0.000000215. The summed E-state index contributed by atoms with van der Waals surface area (Å²) in [4.78, 5) is 177. The van der Waals surface area contributed by atoms with Crippen molar-refractivity contribution in [2.45, 2.75) is 104 Å². The number of rotatable bonds is 24. The normalized spacial score (nSPS) is 20.4. The topological polar surface area (TPSA) is 345 Å². The van der Waals surface area contributed by atoms with Crippen LogP contribution in [0.15, 0.2) is 118 Å². The third-order valence-corrected chi connectivity index (χ3v) is 24.9. The van der Waals surface area contributed by atoms with Crippen LogP contribution in [-0.4, -0.2) is 193 Å². The number of hydrogen-bond acceptors (Lipinski definition) is 22. The highest BCUT2D eigenvalue weighted by Gasteiger charge is 2.59. The molecule has 8 heterocycles. The van der Waals surface area contributed by atoms with Gasteiger partial charge in [-0.3, -0.25) is 66.4 Å². The number of urea groups is 2. The Morgan fingerprint density at radius 1 is 0.509 bits per heavy atom. The van der Waals surface area contributed by atoms with Gasteiger partial charge in [0.05, 0.1) is 59.0 Å². The number of amides is 10. The number of imide groups is 2. The third kappa shape index (κ3) is 17.0. The van der Waals surface area contributed by atoms with E-state index in [4.69, 9.17) is 42.1 Å². The maximum Gasteiger partial charge on any atom is 0.355 e. The van der Waals surface area contributed by atoms with Crippen LogP contribution in [0.5, 0.6) is 11.5 Å². The maximum absolute atomic E-state index is 14.0. The average molecular weight is 1590 g/mol. The number of aryl methyl sites for hydroxylation is 6. The Morgan fingerprint density at radius 2 is 0.870 bits per heavy atom. The van der Waals surface area contributed by atoms with Gasteiger partial charge in [0, 0.05) is 96.2 Å². The van der Waals surface area contributed by atoms with E-state index in [0.29, 0.717) is 32.6 Å². The summed E-state index contributed by atoms with van der Waals surface area (Å²) in [5.41, 5.74) is 8.03. The summed E-state index contributed by atoms with van der Waals surface area (Å²) < 4.78 is 48.2. The summed E-state index contributed by atoms with van der Waals surface area (Å²) in [6, 6.07) is 20.5. The van der Waals surface area contributed by atoms with Crippen LogP contribution in [0.25, 0.3) is 0 Å². The molecule has 0 radical (unpaired) electrons. The number of methoxy groups -OCH3 is 2. The second kappa shape index (κ2) is 34.2. The number of carbonyl (C=O) groups excluding carboxylic acids is 12. The van der Waals surface area contributed by atoms with Crippen LogP contribution >= 0.6 is 45.9 Å². The molecule has 4 fully saturated rings. The van der Waals surface area contributed by atoms with Gasteiger partial charge in [0.1, 0.15) is 58.9 Å². The summed E-state index contributed by atoms with van der Waals surface area (Å²) in [7, 11) is -0.363. The molecule has 34 heteroatoms. The first kappa shape index (κ1) is 79.2. The molecular formula is C74H76Cl2N10O18S4. The molecule has 4 saturated heterocycles. The molecule has 2 aromatic heterocycles. The molecule has 0 spiro atoms. The lowest BCUT2D eigenvalue weighted by atomic mass is 9.88. The number of alkyl halides is 2. The van der Waals surface area contributed by atoms with Crippen molar-refractivity contribution in [3.63, 3.8) is 0 Å². The number of ether oxygens (including phenoxy) is 4. The molecule has 6 aromatic rings. The lowest BCUT2D eigenvalue weighted by Crippen LogP contribution is -2.66. The summed E-state index contributed by atoms with van der Waals surface area (Å²) in [5, 5.41) is 7.43. The summed E-state index contributed by atoms with van der Waals surface area (Å²) >= 11 is 14.7. The molecular weight excluding hydrogens is 1520 g/mol. The summed E-state index contributed by atoms with van der Waals surface area (Å²) in [5.74, 6) is -9.43.